The number of ether oxygens (including phenoxy) is 1. The third-order valence-corrected chi connectivity index (χ3v) is 3.12. The van der Waals surface area contributed by atoms with Crippen LogP contribution in [0, 0.1) is 5.92 Å². The molecule has 1 N–H and O–H groups in total. The van der Waals surface area contributed by atoms with E-state index < -0.39 is 0 Å². The van der Waals surface area contributed by atoms with Gasteiger partial charge in [-0.25, -0.2) is 9.97 Å². The van der Waals surface area contributed by atoms with E-state index >= 15 is 0 Å². The number of rotatable bonds is 4. The number of aliphatic hydroxyl groups excluding tert-OH is 1. The summed E-state index contributed by atoms with van der Waals surface area (Å²) in [4.78, 5) is 10.5. The molecule has 5 nitrogen and oxygen atoms in total. The molecule has 0 amide bonds. The molecular weight excluding hydrogens is 218 g/mol. The molecule has 1 aliphatic rings. The van der Waals surface area contributed by atoms with Crippen LogP contribution in [0.15, 0.2) is 12.4 Å². The fourth-order valence-corrected chi connectivity index (χ4v) is 2.07. The van der Waals surface area contributed by atoms with Gasteiger partial charge in [0.15, 0.2) is 0 Å². The van der Waals surface area contributed by atoms with Gasteiger partial charge in [0.2, 0.25) is 5.88 Å². The van der Waals surface area contributed by atoms with Gasteiger partial charge in [0.1, 0.15) is 12.1 Å². The first-order valence-electron chi connectivity index (χ1n) is 6.14. The number of aliphatic hydroxyl groups is 1. The summed E-state index contributed by atoms with van der Waals surface area (Å²) in [7, 11) is 0. The van der Waals surface area contributed by atoms with Crippen LogP contribution in [0.4, 0.5) is 5.82 Å². The predicted molar refractivity (Wildman–Crippen MR) is 65.2 cm³/mol. The van der Waals surface area contributed by atoms with Crippen LogP contribution in [0.2, 0.25) is 0 Å². The third-order valence-electron chi connectivity index (χ3n) is 3.12. The maximum atomic E-state index is 9.10. The number of piperidine rings is 1. The van der Waals surface area contributed by atoms with Crippen molar-refractivity contribution in [3.05, 3.63) is 12.4 Å². The highest BCUT2D eigenvalue weighted by Crippen LogP contribution is 2.22. The second-order valence-electron chi connectivity index (χ2n) is 4.26. The Morgan fingerprint density at radius 1 is 1.41 bits per heavy atom. The summed E-state index contributed by atoms with van der Waals surface area (Å²) in [5.41, 5.74) is 0. The van der Waals surface area contributed by atoms with Gasteiger partial charge in [0, 0.05) is 25.8 Å². The molecule has 1 saturated heterocycles. The van der Waals surface area contributed by atoms with Crippen molar-refractivity contribution in [3.63, 3.8) is 0 Å². The van der Waals surface area contributed by atoms with E-state index in [1.165, 1.54) is 0 Å². The number of nitrogens with zero attached hydrogens (tertiary/aromatic N) is 3. The fourth-order valence-electron chi connectivity index (χ4n) is 2.07. The van der Waals surface area contributed by atoms with E-state index in [0.29, 0.717) is 25.0 Å². The number of hydrogen-bond donors (Lipinski definition) is 1. The molecule has 1 aromatic heterocycles. The summed E-state index contributed by atoms with van der Waals surface area (Å²) >= 11 is 0. The van der Waals surface area contributed by atoms with Crippen molar-refractivity contribution in [2.45, 2.75) is 19.8 Å². The first-order chi connectivity index (χ1) is 8.33. The first kappa shape index (κ1) is 12.1. The molecule has 0 aliphatic carbocycles. The fraction of sp³-hybridized carbons (Fsp3) is 0.667. The Morgan fingerprint density at radius 2 is 2.18 bits per heavy atom. The van der Waals surface area contributed by atoms with E-state index in [0.717, 1.165) is 31.7 Å². The molecule has 2 heterocycles. The van der Waals surface area contributed by atoms with Crippen molar-refractivity contribution >= 4 is 5.82 Å². The minimum atomic E-state index is 0.293. The Morgan fingerprint density at radius 3 is 2.82 bits per heavy atom. The van der Waals surface area contributed by atoms with Gasteiger partial charge in [0.25, 0.3) is 0 Å². The molecule has 17 heavy (non-hydrogen) atoms. The maximum absolute atomic E-state index is 9.10. The van der Waals surface area contributed by atoms with E-state index in [4.69, 9.17) is 9.84 Å². The summed E-state index contributed by atoms with van der Waals surface area (Å²) in [5.74, 6) is 1.99. The molecule has 0 radical (unpaired) electrons. The van der Waals surface area contributed by atoms with E-state index in [2.05, 4.69) is 14.9 Å². The molecule has 0 saturated carbocycles. The van der Waals surface area contributed by atoms with Crippen molar-refractivity contribution in [2.24, 2.45) is 5.92 Å². The molecule has 0 atom stereocenters. The van der Waals surface area contributed by atoms with Crippen LogP contribution in [0.5, 0.6) is 5.88 Å². The summed E-state index contributed by atoms with van der Waals surface area (Å²) in [5, 5.41) is 9.10. The summed E-state index contributed by atoms with van der Waals surface area (Å²) in [6, 6.07) is 1.88. The summed E-state index contributed by atoms with van der Waals surface area (Å²) in [6.07, 6.45) is 3.58. The van der Waals surface area contributed by atoms with E-state index in [1.807, 2.05) is 13.0 Å². The van der Waals surface area contributed by atoms with Gasteiger partial charge in [-0.15, -0.1) is 0 Å². The number of aromatic nitrogens is 2. The van der Waals surface area contributed by atoms with Crippen LogP contribution in [-0.2, 0) is 0 Å². The minimum Gasteiger partial charge on any atom is -0.478 e. The van der Waals surface area contributed by atoms with Gasteiger partial charge in [-0.2, -0.15) is 0 Å². The van der Waals surface area contributed by atoms with Crippen LogP contribution in [0.1, 0.15) is 19.8 Å². The third kappa shape index (κ3) is 3.06. The van der Waals surface area contributed by atoms with E-state index in [1.54, 1.807) is 6.33 Å². The van der Waals surface area contributed by atoms with Crippen molar-refractivity contribution in [1.29, 1.82) is 0 Å². The highest BCUT2D eigenvalue weighted by atomic mass is 16.5. The van der Waals surface area contributed by atoms with Crippen molar-refractivity contribution in [2.75, 3.05) is 31.2 Å². The quantitative estimate of drug-likeness (QED) is 0.849. The zero-order chi connectivity index (χ0) is 12.1. The standard InChI is InChI=1S/C12H19N3O2/c1-2-17-12-7-11(13-9-14-12)15-5-3-10(8-16)4-6-15/h7,9-10,16H,2-6,8H2,1H3. The Hall–Kier alpha value is -1.36. The molecule has 94 valence electrons. The lowest BCUT2D eigenvalue weighted by Crippen LogP contribution is -2.35. The molecule has 0 bridgehead atoms. The summed E-state index contributed by atoms with van der Waals surface area (Å²) < 4.78 is 5.36. The maximum Gasteiger partial charge on any atom is 0.218 e. The lowest BCUT2D eigenvalue weighted by atomic mass is 9.98. The van der Waals surface area contributed by atoms with Crippen LogP contribution in [0.3, 0.4) is 0 Å². The summed E-state index contributed by atoms with van der Waals surface area (Å²) in [6.45, 7) is 4.72. The predicted octanol–water partition coefficient (Wildman–Crippen LogP) is 1.08. The molecular formula is C12H19N3O2. The Labute approximate surface area is 101 Å². The number of anilines is 1. The van der Waals surface area contributed by atoms with Crippen molar-refractivity contribution < 1.29 is 9.84 Å². The van der Waals surface area contributed by atoms with Crippen LogP contribution in [-0.4, -0.2) is 41.4 Å². The van der Waals surface area contributed by atoms with Crippen LogP contribution in [0.25, 0.3) is 0 Å². The van der Waals surface area contributed by atoms with Gasteiger partial charge in [-0.05, 0) is 25.7 Å². The van der Waals surface area contributed by atoms with Gasteiger partial charge in [-0.1, -0.05) is 0 Å². The van der Waals surface area contributed by atoms with Crippen molar-refractivity contribution in [1.82, 2.24) is 9.97 Å². The molecule has 1 fully saturated rings. The van der Waals surface area contributed by atoms with Gasteiger partial charge in [0.05, 0.1) is 6.61 Å². The molecule has 1 aliphatic heterocycles. The second-order valence-corrected chi connectivity index (χ2v) is 4.26. The average molecular weight is 237 g/mol. The normalized spacial score (nSPS) is 17.2. The van der Waals surface area contributed by atoms with Crippen molar-refractivity contribution in [3.8, 4) is 5.88 Å². The topological polar surface area (TPSA) is 58.5 Å². The lowest BCUT2D eigenvalue weighted by Gasteiger charge is -2.31. The Bertz CT molecular complexity index is 351. The molecule has 5 heteroatoms. The van der Waals surface area contributed by atoms with E-state index in [9.17, 15) is 0 Å². The largest absolute Gasteiger partial charge is 0.478 e. The monoisotopic (exact) mass is 237 g/mol. The second kappa shape index (κ2) is 5.82. The Kier molecular flexibility index (Phi) is 4.14. The Balaban J connectivity index is 2.00. The smallest absolute Gasteiger partial charge is 0.218 e. The number of hydrogen-bond acceptors (Lipinski definition) is 5. The zero-order valence-electron chi connectivity index (χ0n) is 10.2. The van der Waals surface area contributed by atoms with E-state index in [-0.39, 0.29) is 0 Å². The molecule has 0 unspecified atom stereocenters. The lowest BCUT2D eigenvalue weighted by molar-refractivity contribution is 0.202. The van der Waals surface area contributed by atoms with Crippen LogP contribution >= 0.6 is 0 Å². The molecule has 0 aromatic carbocycles. The minimum absolute atomic E-state index is 0.293. The highest BCUT2D eigenvalue weighted by Gasteiger charge is 2.19. The molecule has 0 spiro atoms. The first-order valence-corrected chi connectivity index (χ1v) is 6.14. The van der Waals surface area contributed by atoms with Gasteiger partial charge < -0.3 is 14.7 Å². The molecule has 1 aromatic rings. The molecule has 2 rings (SSSR count). The SMILES string of the molecule is CCOc1cc(N2CCC(CO)CC2)ncn1. The zero-order valence-corrected chi connectivity index (χ0v) is 10.2. The highest BCUT2D eigenvalue weighted by molar-refractivity contribution is 5.41. The van der Waals surface area contributed by atoms with Gasteiger partial charge >= 0.3 is 0 Å². The average Bonchev–Trinajstić information content (AvgIpc) is 2.40. The van der Waals surface area contributed by atoms with Gasteiger partial charge in [-0.3, -0.25) is 0 Å². The van der Waals surface area contributed by atoms with Crippen LogP contribution < -0.4 is 9.64 Å².